The van der Waals surface area contributed by atoms with Crippen molar-refractivity contribution in [2.45, 2.75) is 44.2 Å². The zero-order valence-corrected chi connectivity index (χ0v) is 12.5. The maximum Gasteiger partial charge on any atom is 0.242 e. The third-order valence-electron chi connectivity index (χ3n) is 4.64. The predicted octanol–water partition coefficient (Wildman–Crippen LogP) is 2.05. The highest BCUT2D eigenvalue weighted by molar-refractivity contribution is 5.93. The predicted molar refractivity (Wildman–Crippen MR) is 81.1 cm³/mol. The fourth-order valence-electron chi connectivity index (χ4n) is 3.36. The maximum atomic E-state index is 12.4. The molecule has 5 heteroatoms. The van der Waals surface area contributed by atoms with Crippen molar-refractivity contribution in [2.24, 2.45) is 0 Å². The van der Waals surface area contributed by atoms with Crippen molar-refractivity contribution in [2.75, 3.05) is 25.0 Å². The molecule has 2 heterocycles. The molecule has 2 fully saturated rings. The first kappa shape index (κ1) is 14.5. The van der Waals surface area contributed by atoms with E-state index in [1.165, 1.54) is 12.8 Å². The summed E-state index contributed by atoms with van der Waals surface area (Å²) in [4.78, 5) is 18.8. The fraction of sp³-hybridized carbons (Fsp3) is 0.625. The number of aromatic nitrogens is 1. The Labute approximate surface area is 125 Å². The van der Waals surface area contributed by atoms with Crippen molar-refractivity contribution in [3.05, 3.63) is 24.4 Å². The smallest absolute Gasteiger partial charge is 0.242 e. The van der Waals surface area contributed by atoms with Gasteiger partial charge in [0.05, 0.1) is 18.2 Å². The molecule has 1 unspecified atom stereocenters. The highest BCUT2D eigenvalue weighted by Crippen LogP contribution is 2.36. The van der Waals surface area contributed by atoms with Crippen LogP contribution in [0.3, 0.4) is 0 Å². The lowest BCUT2D eigenvalue weighted by Gasteiger charge is -2.42. The second-order valence-corrected chi connectivity index (χ2v) is 6.09. The molecular weight excluding hydrogens is 266 g/mol. The lowest BCUT2D eigenvalue weighted by Crippen LogP contribution is -2.55. The van der Waals surface area contributed by atoms with Crippen molar-refractivity contribution in [3.8, 4) is 0 Å². The first-order valence-electron chi connectivity index (χ1n) is 7.78. The number of nitrogens with one attached hydrogen (secondary N) is 1. The third-order valence-corrected chi connectivity index (χ3v) is 4.64. The van der Waals surface area contributed by atoms with Crippen LogP contribution in [0.5, 0.6) is 0 Å². The van der Waals surface area contributed by atoms with E-state index in [1.54, 1.807) is 6.20 Å². The molecule has 1 saturated carbocycles. The van der Waals surface area contributed by atoms with E-state index in [0.717, 1.165) is 32.5 Å². The number of morpholine rings is 1. The summed E-state index contributed by atoms with van der Waals surface area (Å²) in [5.74, 6) is 0.613. The van der Waals surface area contributed by atoms with Crippen LogP contribution in [-0.4, -0.2) is 47.1 Å². The van der Waals surface area contributed by atoms with Gasteiger partial charge >= 0.3 is 0 Å². The van der Waals surface area contributed by atoms with Crippen molar-refractivity contribution in [1.82, 2.24) is 9.88 Å². The van der Waals surface area contributed by atoms with Crippen LogP contribution < -0.4 is 5.32 Å². The van der Waals surface area contributed by atoms with Gasteiger partial charge < -0.3 is 10.1 Å². The Kier molecular flexibility index (Phi) is 4.22. The summed E-state index contributed by atoms with van der Waals surface area (Å²) in [5, 5.41) is 2.89. The number of hydrogen-bond acceptors (Lipinski definition) is 4. The number of carbonyl (C=O) groups is 1. The summed E-state index contributed by atoms with van der Waals surface area (Å²) in [5.41, 5.74) is -0.00220. The monoisotopic (exact) mass is 289 g/mol. The molecular formula is C16H23N3O2. The number of pyridine rings is 1. The van der Waals surface area contributed by atoms with Gasteiger partial charge in [0.1, 0.15) is 5.82 Å². The minimum Gasteiger partial charge on any atom is -0.372 e. The van der Waals surface area contributed by atoms with Crippen molar-refractivity contribution < 1.29 is 9.53 Å². The van der Waals surface area contributed by atoms with Gasteiger partial charge in [-0.15, -0.1) is 0 Å². The molecule has 114 valence electrons. The van der Waals surface area contributed by atoms with E-state index in [4.69, 9.17) is 4.74 Å². The average molecular weight is 289 g/mol. The molecule has 3 rings (SSSR count). The Bertz CT molecular complexity index is 486. The second-order valence-electron chi connectivity index (χ2n) is 6.09. The van der Waals surface area contributed by atoms with Gasteiger partial charge in [0, 0.05) is 19.3 Å². The minimum absolute atomic E-state index is 0.00220. The van der Waals surface area contributed by atoms with Gasteiger partial charge in [-0.25, -0.2) is 4.98 Å². The highest BCUT2D eigenvalue weighted by atomic mass is 16.5. The molecule has 21 heavy (non-hydrogen) atoms. The van der Waals surface area contributed by atoms with Gasteiger partial charge in [0.15, 0.2) is 0 Å². The molecule has 1 atom stereocenters. The van der Waals surface area contributed by atoms with Gasteiger partial charge in [0.25, 0.3) is 0 Å². The van der Waals surface area contributed by atoms with E-state index in [0.29, 0.717) is 5.82 Å². The number of amides is 1. The summed E-state index contributed by atoms with van der Waals surface area (Å²) >= 11 is 0. The molecule has 1 aromatic rings. The molecule has 2 aliphatic rings. The molecule has 1 spiro atoms. The van der Waals surface area contributed by atoms with Crippen LogP contribution in [0.2, 0.25) is 0 Å². The molecule has 1 aliphatic heterocycles. The third kappa shape index (κ3) is 3.24. The average Bonchev–Trinajstić information content (AvgIpc) is 2.95. The number of nitrogens with zero attached hydrogens (tertiary/aromatic N) is 2. The first-order chi connectivity index (χ1) is 10.2. The zero-order chi connectivity index (χ0) is 14.7. The summed E-state index contributed by atoms with van der Waals surface area (Å²) in [6.07, 6.45) is 6.41. The Morgan fingerprint density at radius 1 is 1.43 bits per heavy atom. The van der Waals surface area contributed by atoms with E-state index < -0.39 is 0 Å². The van der Waals surface area contributed by atoms with Crippen molar-refractivity contribution >= 4 is 11.7 Å². The first-order valence-corrected chi connectivity index (χ1v) is 7.78. The Morgan fingerprint density at radius 2 is 2.24 bits per heavy atom. The van der Waals surface area contributed by atoms with Crippen LogP contribution in [-0.2, 0) is 9.53 Å². The molecule has 0 aromatic carbocycles. The number of hydrogen-bond donors (Lipinski definition) is 1. The number of anilines is 1. The topological polar surface area (TPSA) is 54.5 Å². The van der Waals surface area contributed by atoms with Crippen LogP contribution >= 0.6 is 0 Å². The van der Waals surface area contributed by atoms with Crippen LogP contribution in [0.15, 0.2) is 24.4 Å². The van der Waals surface area contributed by atoms with E-state index in [2.05, 4.69) is 15.2 Å². The SMILES string of the molecule is CC(C(=O)Nc1ccccn1)N1CCOC2(CCCC2)C1. The summed E-state index contributed by atoms with van der Waals surface area (Å²) in [7, 11) is 0. The molecule has 0 radical (unpaired) electrons. The summed E-state index contributed by atoms with van der Waals surface area (Å²) < 4.78 is 6.02. The molecule has 1 amide bonds. The normalized spacial score (nSPS) is 23.1. The van der Waals surface area contributed by atoms with E-state index >= 15 is 0 Å². The van der Waals surface area contributed by atoms with Gasteiger partial charge in [-0.05, 0) is 31.9 Å². The lowest BCUT2D eigenvalue weighted by molar-refractivity contribution is -0.133. The highest BCUT2D eigenvalue weighted by Gasteiger charge is 2.41. The second kappa shape index (κ2) is 6.12. The molecule has 1 saturated heterocycles. The molecule has 0 bridgehead atoms. The summed E-state index contributed by atoms with van der Waals surface area (Å²) in [6.45, 7) is 4.37. The molecule has 5 nitrogen and oxygen atoms in total. The van der Waals surface area contributed by atoms with Gasteiger partial charge in [-0.3, -0.25) is 9.69 Å². The van der Waals surface area contributed by atoms with Crippen LogP contribution in [0.1, 0.15) is 32.6 Å². The molecule has 1 aromatic heterocycles. The lowest BCUT2D eigenvalue weighted by atomic mass is 9.98. The van der Waals surface area contributed by atoms with Crippen LogP contribution in [0.25, 0.3) is 0 Å². The Hall–Kier alpha value is -1.46. The van der Waals surface area contributed by atoms with E-state index in [-0.39, 0.29) is 17.6 Å². The maximum absolute atomic E-state index is 12.4. The van der Waals surface area contributed by atoms with Gasteiger partial charge in [0.2, 0.25) is 5.91 Å². The van der Waals surface area contributed by atoms with Crippen molar-refractivity contribution in [1.29, 1.82) is 0 Å². The molecule has 1 N–H and O–H groups in total. The zero-order valence-electron chi connectivity index (χ0n) is 12.5. The van der Waals surface area contributed by atoms with Crippen LogP contribution in [0.4, 0.5) is 5.82 Å². The Morgan fingerprint density at radius 3 is 2.95 bits per heavy atom. The standard InChI is InChI=1S/C16H23N3O2/c1-13(15(20)18-14-6-2-5-9-17-14)19-10-11-21-16(12-19)7-3-4-8-16/h2,5-6,9,13H,3-4,7-8,10-12H2,1H3,(H,17,18,20). The summed E-state index contributed by atoms with van der Waals surface area (Å²) in [6, 6.07) is 5.36. The van der Waals surface area contributed by atoms with Gasteiger partial charge in [-0.2, -0.15) is 0 Å². The van der Waals surface area contributed by atoms with Crippen molar-refractivity contribution in [3.63, 3.8) is 0 Å². The fourth-order valence-corrected chi connectivity index (χ4v) is 3.36. The quantitative estimate of drug-likeness (QED) is 0.925. The number of rotatable bonds is 3. The largest absolute Gasteiger partial charge is 0.372 e. The number of carbonyl (C=O) groups excluding carboxylic acids is 1. The van der Waals surface area contributed by atoms with E-state index in [1.807, 2.05) is 25.1 Å². The Balaban J connectivity index is 1.61. The van der Waals surface area contributed by atoms with Gasteiger partial charge in [-0.1, -0.05) is 18.9 Å². The number of ether oxygens (including phenoxy) is 1. The minimum atomic E-state index is -0.159. The molecule has 1 aliphatic carbocycles. The van der Waals surface area contributed by atoms with Crippen LogP contribution in [0, 0.1) is 0 Å². The van der Waals surface area contributed by atoms with E-state index in [9.17, 15) is 4.79 Å².